The van der Waals surface area contributed by atoms with Gasteiger partial charge >= 0.3 is 5.97 Å². The maximum Gasteiger partial charge on any atom is 0.359 e. The molecular formula is C21H25ClN4O3. The summed E-state index contributed by atoms with van der Waals surface area (Å²) in [6.45, 7) is 7.07. The van der Waals surface area contributed by atoms with E-state index in [2.05, 4.69) is 15.3 Å². The summed E-state index contributed by atoms with van der Waals surface area (Å²) in [5.74, 6) is -0.723. The van der Waals surface area contributed by atoms with Crippen molar-refractivity contribution in [3.8, 4) is 0 Å². The number of nitrogens with zero attached hydrogens (tertiary/aromatic N) is 3. The zero-order valence-electron chi connectivity index (χ0n) is 16.9. The number of amides is 1. The molecule has 1 amide bonds. The highest BCUT2D eigenvalue weighted by atomic mass is 35.5. The van der Waals surface area contributed by atoms with Gasteiger partial charge in [0.1, 0.15) is 0 Å². The Bertz CT molecular complexity index is 913. The Kier molecular flexibility index (Phi) is 6.69. The zero-order valence-corrected chi connectivity index (χ0v) is 17.6. The van der Waals surface area contributed by atoms with E-state index < -0.39 is 18.0 Å². The molecule has 1 aromatic heterocycles. The molecule has 1 aliphatic heterocycles. The van der Waals surface area contributed by atoms with Gasteiger partial charge in [-0.25, -0.2) is 14.8 Å². The molecule has 3 rings (SSSR count). The molecule has 0 saturated carbocycles. The minimum Gasteiger partial charge on any atom is -0.448 e. The van der Waals surface area contributed by atoms with E-state index in [9.17, 15) is 9.59 Å². The number of piperidine rings is 1. The monoisotopic (exact) mass is 416 g/mol. The van der Waals surface area contributed by atoms with Crippen LogP contribution >= 0.6 is 11.6 Å². The Morgan fingerprint density at radius 1 is 1.21 bits per heavy atom. The van der Waals surface area contributed by atoms with Gasteiger partial charge in [-0.3, -0.25) is 4.79 Å². The summed E-state index contributed by atoms with van der Waals surface area (Å²) in [7, 11) is 0. The normalized spacial score (nSPS) is 15.0. The molecule has 0 unspecified atom stereocenters. The molecule has 1 saturated heterocycles. The van der Waals surface area contributed by atoms with Gasteiger partial charge < -0.3 is 15.0 Å². The lowest BCUT2D eigenvalue weighted by Crippen LogP contribution is -2.32. The Morgan fingerprint density at radius 2 is 1.93 bits per heavy atom. The predicted molar refractivity (Wildman–Crippen MR) is 113 cm³/mol. The molecule has 0 aliphatic carbocycles. The highest BCUT2D eigenvalue weighted by Crippen LogP contribution is 2.21. The van der Waals surface area contributed by atoms with E-state index in [0.717, 1.165) is 37.1 Å². The fourth-order valence-corrected chi connectivity index (χ4v) is 3.37. The summed E-state index contributed by atoms with van der Waals surface area (Å²) in [6.07, 6.45) is 3.68. The van der Waals surface area contributed by atoms with Crippen molar-refractivity contribution in [3.05, 3.63) is 46.2 Å². The third kappa shape index (κ3) is 5.23. The Balaban J connectivity index is 1.67. The summed E-state index contributed by atoms with van der Waals surface area (Å²) in [5.41, 5.74) is 2.68. The van der Waals surface area contributed by atoms with Gasteiger partial charge in [0, 0.05) is 18.8 Å². The van der Waals surface area contributed by atoms with E-state index in [1.165, 1.54) is 19.5 Å². The van der Waals surface area contributed by atoms with Crippen molar-refractivity contribution < 1.29 is 14.3 Å². The second kappa shape index (κ2) is 9.22. The van der Waals surface area contributed by atoms with E-state index >= 15 is 0 Å². The highest BCUT2D eigenvalue weighted by Gasteiger charge is 2.24. The molecule has 1 fully saturated rings. The zero-order chi connectivity index (χ0) is 21.0. The van der Waals surface area contributed by atoms with Crippen LogP contribution in [0.2, 0.25) is 5.02 Å². The van der Waals surface area contributed by atoms with Gasteiger partial charge in [-0.1, -0.05) is 29.3 Å². The number of aromatic nitrogens is 2. The fourth-order valence-electron chi connectivity index (χ4n) is 3.21. The first-order valence-electron chi connectivity index (χ1n) is 9.71. The summed E-state index contributed by atoms with van der Waals surface area (Å²) >= 11 is 6.11. The van der Waals surface area contributed by atoms with Crippen LogP contribution in [0.4, 0.5) is 11.6 Å². The van der Waals surface area contributed by atoms with Crippen LogP contribution in [-0.4, -0.2) is 41.0 Å². The van der Waals surface area contributed by atoms with Crippen molar-refractivity contribution >= 4 is 35.1 Å². The standard InChI is InChI=1S/C21H25ClN4O3/c1-13-7-8-17(14(2)11-13)24-19(27)15(3)29-20(28)18-16(22)12-23-21(25-18)26-9-5-4-6-10-26/h7-8,11-12,15H,4-6,9-10H2,1-3H3,(H,24,27)/t15-/m1/s1. The second-order valence-electron chi connectivity index (χ2n) is 7.27. The van der Waals surface area contributed by atoms with Gasteiger partial charge in [-0.2, -0.15) is 0 Å². The van der Waals surface area contributed by atoms with Crippen LogP contribution in [0.15, 0.2) is 24.4 Å². The van der Waals surface area contributed by atoms with Crippen LogP contribution in [0.3, 0.4) is 0 Å². The lowest BCUT2D eigenvalue weighted by Gasteiger charge is -2.26. The van der Waals surface area contributed by atoms with Gasteiger partial charge in [-0.15, -0.1) is 0 Å². The number of esters is 1. The average Bonchev–Trinajstić information content (AvgIpc) is 2.71. The van der Waals surface area contributed by atoms with Gasteiger partial charge in [0.2, 0.25) is 5.95 Å². The molecule has 1 aromatic carbocycles. The summed E-state index contributed by atoms with van der Waals surface area (Å²) < 4.78 is 5.31. The molecule has 0 spiro atoms. The first-order chi connectivity index (χ1) is 13.8. The summed E-state index contributed by atoms with van der Waals surface area (Å²) in [5, 5.41) is 2.88. The fraction of sp³-hybridized carbons (Fsp3) is 0.429. The van der Waals surface area contributed by atoms with Crippen LogP contribution in [0.5, 0.6) is 0 Å². The van der Waals surface area contributed by atoms with Crippen LogP contribution in [0.25, 0.3) is 0 Å². The van der Waals surface area contributed by atoms with Crippen LogP contribution < -0.4 is 10.2 Å². The minimum absolute atomic E-state index is 0.0339. The molecule has 0 bridgehead atoms. The number of anilines is 2. The first kappa shape index (κ1) is 21.0. The van der Waals surface area contributed by atoms with Crippen molar-refractivity contribution in [3.63, 3.8) is 0 Å². The predicted octanol–water partition coefficient (Wildman–Crippen LogP) is 3.92. The molecule has 1 atom stereocenters. The van der Waals surface area contributed by atoms with Crippen molar-refractivity contribution in [2.75, 3.05) is 23.3 Å². The number of halogens is 1. The molecule has 8 heteroatoms. The van der Waals surface area contributed by atoms with E-state index in [4.69, 9.17) is 16.3 Å². The third-order valence-corrected chi connectivity index (χ3v) is 5.13. The van der Waals surface area contributed by atoms with Crippen molar-refractivity contribution in [1.82, 2.24) is 9.97 Å². The molecule has 2 heterocycles. The number of hydrogen-bond acceptors (Lipinski definition) is 6. The van der Waals surface area contributed by atoms with E-state index in [1.54, 1.807) is 0 Å². The number of carbonyl (C=O) groups excluding carboxylic acids is 2. The number of aryl methyl sites for hydroxylation is 2. The highest BCUT2D eigenvalue weighted by molar-refractivity contribution is 6.33. The molecule has 0 radical (unpaired) electrons. The van der Waals surface area contributed by atoms with Gasteiger partial charge in [0.05, 0.1) is 11.2 Å². The number of nitrogens with one attached hydrogen (secondary N) is 1. The average molecular weight is 417 g/mol. The molecule has 2 aromatic rings. The summed E-state index contributed by atoms with van der Waals surface area (Å²) in [6, 6.07) is 5.69. The van der Waals surface area contributed by atoms with E-state index in [-0.39, 0.29) is 10.7 Å². The summed E-state index contributed by atoms with van der Waals surface area (Å²) in [4.78, 5) is 35.6. The number of carbonyl (C=O) groups is 2. The number of ether oxygens (including phenoxy) is 1. The smallest absolute Gasteiger partial charge is 0.359 e. The number of benzene rings is 1. The SMILES string of the molecule is Cc1ccc(NC(=O)[C@@H](C)OC(=O)c2nc(N3CCCCC3)ncc2Cl)c(C)c1. The van der Waals surface area contributed by atoms with Gasteiger partial charge in [-0.05, 0) is 51.7 Å². The molecule has 7 nitrogen and oxygen atoms in total. The van der Waals surface area contributed by atoms with E-state index in [1.807, 2.05) is 36.9 Å². The second-order valence-corrected chi connectivity index (χ2v) is 7.68. The Hall–Kier alpha value is -2.67. The molecule has 154 valence electrons. The first-order valence-corrected chi connectivity index (χ1v) is 10.1. The van der Waals surface area contributed by atoms with Crippen LogP contribution in [-0.2, 0) is 9.53 Å². The molecule has 29 heavy (non-hydrogen) atoms. The Morgan fingerprint density at radius 3 is 2.62 bits per heavy atom. The lowest BCUT2D eigenvalue weighted by molar-refractivity contribution is -0.123. The minimum atomic E-state index is -1.01. The molecular weight excluding hydrogens is 392 g/mol. The molecule has 1 N–H and O–H groups in total. The maximum absolute atomic E-state index is 12.6. The van der Waals surface area contributed by atoms with Crippen LogP contribution in [0.1, 0.15) is 47.8 Å². The largest absolute Gasteiger partial charge is 0.448 e. The number of hydrogen-bond donors (Lipinski definition) is 1. The maximum atomic E-state index is 12.6. The quantitative estimate of drug-likeness (QED) is 0.743. The molecule has 1 aliphatic rings. The third-order valence-electron chi connectivity index (χ3n) is 4.86. The van der Waals surface area contributed by atoms with Crippen molar-refractivity contribution in [2.24, 2.45) is 0 Å². The van der Waals surface area contributed by atoms with Crippen molar-refractivity contribution in [2.45, 2.75) is 46.1 Å². The van der Waals surface area contributed by atoms with Gasteiger partial charge in [0.25, 0.3) is 5.91 Å². The van der Waals surface area contributed by atoms with Crippen molar-refractivity contribution in [1.29, 1.82) is 0 Å². The Labute approximate surface area is 175 Å². The topological polar surface area (TPSA) is 84.4 Å². The van der Waals surface area contributed by atoms with E-state index in [0.29, 0.717) is 11.6 Å². The van der Waals surface area contributed by atoms with Gasteiger partial charge in [0.15, 0.2) is 11.8 Å². The number of rotatable bonds is 5. The van der Waals surface area contributed by atoms with Crippen LogP contribution in [0, 0.1) is 13.8 Å². The lowest BCUT2D eigenvalue weighted by atomic mass is 10.1.